The summed E-state index contributed by atoms with van der Waals surface area (Å²) in [5.74, 6) is 1.16. The summed E-state index contributed by atoms with van der Waals surface area (Å²) >= 11 is 6.66. The van der Waals surface area contributed by atoms with Gasteiger partial charge in [0.15, 0.2) is 5.65 Å². The molecule has 36 heavy (non-hydrogen) atoms. The zero-order chi connectivity index (χ0) is 24.9. The molecule has 0 atom stereocenters. The molecule has 0 saturated heterocycles. The zero-order valence-corrected chi connectivity index (χ0v) is 20.1. The van der Waals surface area contributed by atoms with E-state index < -0.39 is 0 Å². The van der Waals surface area contributed by atoms with Crippen molar-refractivity contribution >= 4 is 51.4 Å². The van der Waals surface area contributed by atoms with E-state index in [2.05, 4.69) is 25.1 Å². The number of aromatic nitrogens is 6. The standard InChI is InChI=1S/C24H20ClN9O2/c1-24(2)10-35-23(31-24)34(14-3-5-18-16(7-14)22(26)28-11-27-18)15-4-6-19(17(25)8-15)36-21-9-20-32-30-13-33(20)12-29-21/h3-9,11-13H,10H2,1-2H3,(H2,26,27,28). The quantitative estimate of drug-likeness (QED) is 0.381. The molecule has 0 aliphatic carbocycles. The van der Waals surface area contributed by atoms with Crippen molar-refractivity contribution in [3.8, 4) is 11.6 Å². The van der Waals surface area contributed by atoms with Gasteiger partial charge in [0.1, 0.15) is 37.2 Å². The number of amidine groups is 1. The number of benzene rings is 2. The van der Waals surface area contributed by atoms with Crippen molar-refractivity contribution in [1.29, 1.82) is 0 Å². The third-order valence-electron chi connectivity index (χ3n) is 5.60. The molecule has 0 amide bonds. The number of hydrogen-bond acceptors (Lipinski definition) is 10. The van der Waals surface area contributed by atoms with Gasteiger partial charge in [-0.15, -0.1) is 10.2 Å². The molecule has 0 bridgehead atoms. The van der Waals surface area contributed by atoms with Gasteiger partial charge in [-0.25, -0.2) is 19.9 Å². The largest absolute Gasteiger partial charge is 0.462 e. The Morgan fingerprint density at radius 1 is 1.06 bits per heavy atom. The summed E-state index contributed by atoms with van der Waals surface area (Å²) in [5.41, 5.74) is 8.59. The number of nitrogens with two attached hydrogens (primary N) is 1. The average molecular weight is 502 g/mol. The van der Waals surface area contributed by atoms with E-state index in [1.54, 1.807) is 35.3 Å². The summed E-state index contributed by atoms with van der Waals surface area (Å²) in [5, 5.41) is 8.95. The second kappa shape index (κ2) is 8.31. The van der Waals surface area contributed by atoms with Crippen LogP contribution < -0.4 is 15.4 Å². The van der Waals surface area contributed by atoms with Gasteiger partial charge in [-0.1, -0.05) is 11.6 Å². The maximum atomic E-state index is 6.66. The Balaban J connectivity index is 1.40. The highest BCUT2D eigenvalue weighted by Gasteiger charge is 2.31. The number of anilines is 3. The molecule has 12 heteroatoms. The SMILES string of the molecule is CC1(C)COC(N(c2ccc(Oc3cc4nncn4cn3)c(Cl)c2)c2ccc3ncnc(N)c3c2)=N1. The van der Waals surface area contributed by atoms with E-state index in [9.17, 15) is 0 Å². The monoisotopic (exact) mass is 501 g/mol. The number of hydrogen-bond donors (Lipinski definition) is 1. The molecule has 0 saturated carbocycles. The van der Waals surface area contributed by atoms with E-state index in [0.717, 1.165) is 22.3 Å². The fourth-order valence-corrected chi connectivity index (χ4v) is 4.06. The maximum absolute atomic E-state index is 6.66. The highest BCUT2D eigenvalue weighted by Crippen LogP contribution is 2.37. The number of nitrogens with zero attached hydrogens (tertiary/aromatic N) is 8. The molecule has 3 aromatic heterocycles. The topological polar surface area (TPSA) is 129 Å². The van der Waals surface area contributed by atoms with Crippen LogP contribution in [-0.4, -0.2) is 47.7 Å². The number of aliphatic imine (C=N–C) groups is 1. The molecule has 0 fully saturated rings. The van der Waals surface area contributed by atoms with Gasteiger partial charge in [0.2, 0.25) is 5.88 Å². The maximum Gasteiger partial charge on any atom is 0.297 e. The van der Waals surface area contributed by atoms with E-state index in [1.807, 2.05) is 43.0 Å². The smallest absolute Gasteiger partial charge is 0.297 e. The highest BCUT2D eigenvalue weighted by atomic mass is 35.5. The van der Waals surface area contributed by atoms with Crippen LogP contribution in [0.1, 0.15) is 13.8 Å². The lowest BCUT2D eigenvalue weighted by molar-refractivity contribution is 0.276. The second-order valence-electron chi connectivity index (χ2n) is 8.83. The summed E-state index contributed by atoms with van der Waals surface area (Å²) in [7, 11) is 0. The van der Waals surface area contributed by atoms with Gasteiger partial charge in [-0.3, -0.25) is 9.30 Å². The van der Waals surface area contributed by atoms with Crippen LogP contribution in [0.2, 0.25) is 5.02 Å². The highest BCUT2D eigenvalue weighted by molar-refractivity contribution is 6.32. The second-order valence-corrected chi connectivity index (χ2v) is 9.24. The Morgan fingerprint density at radius 3 is 2.69 bits per heavy atom. The van der Waals surface area contributed by atoms with Gasteiger partial charge >= 0.3 is 0 Å². The predicted octanol–water partition coefficient (Wildman–Crippen LogP) is 4.40. The van der Waals surface area contributed by atoms with E-state index in [0.29, 0.717) is 40.7 Å². The van der Waals surface area contributed by atoms with Crippen LogP contribution >= 0.6 is 11.6 Å². The third-order valence-corrected chi connectivity index (χ3v) is 5.90. The number of rotatable bonds is 4. The number of halogens is 1. The van der Waals surface area contributed by atoms with Crippen molar-refractivity contribution in [2.24, 2.45) is 4.99 Å². The van der Waals surface area contributed by atoms with Gasteiger partial charge in [0.25, 0.3) is 6.02 Å². The Bertz CT molecular complexity index is 1650. The Morgan fingerprint density at radius 2 is 1.89 bits per heavy atom. The van der Waals surface area contributed by atoms with Crippen molar-refractivity contribution in [3.63, 3.8) is 0 Å². The lowest BCUT2D eigenvalue weighted by atomic mass is 10.1. The average Bonchev–Trinajstić information content (AvgIpc) is 3.47. The van der Waals surface area contributed by atoms with Gasteiger partial charge < -0.3 is 15.2 Å². The minimum absolute atomic E-state index is 0.345. The Hall–Kier alpha value is -4.51. The van der Waals surface area contributed by atoms with Crippen molar-refractivity contribution in [1.82, 2.24) is 29.5 Å². The van der Waals surface area contributed by atoms with Gasteiger partial charge in [-0.05, 0) is 50.2 Å². The molecular weight excluding hydrogens is 482 g/mol. The summed E-state index contributed by atoms with van der Waals surface area (Å²) in [6, 6.07) is 13.2. The van der Waals surface area contributed by atoms with Crippen molar-refractivity contribution < 1.29 is 9.47 Å². The van der Waals surface area contributed by atoms with E-state index in [4.69, 9.17) is 31.8 Å². The van der Waals surface area contributed by atoms with E-state index >= 15 is 0 Å². The Kier molecular flexibility index (Phi) is 5.07. The molecule has 1 aliphatic rings. The lowest BCUT2D eigenvalue weighted by Crippen LogP contribution is -2.26. The van der Waals surface area contributed by atoms with Crippen LogP contribution in [0.5, 0.6) is 11.6 Å². The minimum Gasteiger partial charge on any atom is -0.462 e. The van der Waals surface area contributed by atoms with Crippen molar-refractivity contribution in [2.45, 2.75) is 19.4 Å². The van der Waals surface area contributed by atoms with Crippen LogP contribution in [0.3, 0.4) is 0 Å². The first kappa shape index (κ1) is 22.0. The van der Waals surface area contributed by atoms with E-state index in [1.165, 1.54) is 6.33 Å². The molecule has 0 spiro atoms. The lowest BCUT2D eigenvalue weighted by Gasteiger charge is -2.24. The Labute approximate surface area is 210 Å². The molecule has 1 aliphatic heterocycles. The number of fused-ring (bicyclic) bond motifs is 2. The first-order valence-electron chi connectivity index (χ1n) is 11.0. The van der Waals surface area contributed by atoms with Gasteiger partial charge in [0, 0.05) is 11.5 Å². The van der Waals surface area contributed by atoms with E-state index in [-0.39, 0.29) is 5.54 Å². The molecular formula is C24H20ClN9O2. The van der Waals surface area contributed by atoms with Crippen LogP contribution in [0.4, 0.5) is 17.2 Å². The molecule has 0 unspecified atom stereocenters. The normalized spacial score (nSPS) is 14.6. The zero-order valence-electron chi connectivity index (χ0n) is 19.3. The van der Waals surface area contributed by atoms with Crippen molar-refractivity contribution in [2.75, 3.05) is 17.2 Å². The van der Waals surface area contributed by atoms with Gasteiger partial charge in [0.05, 0.1) is 27.5 Å². The fraction of sp³-hybridized carbons (Fsp3) is 0.167. The molecule has 2 aromatic carbocycles. The van der Waals surface area contributed by atoms with Crippen LogP contribution in [0.25, 0.3) is 16.6 Å². The molecule has 5 aromatic rings. The molecule has 4 heterocycles. The third kappa shape index (κ3) is 3.99. The summed E-state index contributed by atoms with van der Waals surface area (Å²) in [6.07, 6.45) is 4.57. The van der Waals surface area contributed by atoms with Crippen LogP contribution in [-0.2, 0) is 4.74 Å². The fourth-order valence-electron chi connectivity index (χ4n) is 3.84. The number of nitrogen functional groups attached to an aromatic ring is 1. The van der Waals surface area contributed by atoms with Crippen LogP contribution in [0.15, 0.2) is 66.4 Å². The summed E-state index contributed by atoms with van der Waals surface area (Å²) in [6.45, 7) is 4.46. The van der Waals surface area contributed by atoms with Crippen molar-refractivity contribution in [3.05, 3.63) is 66.5 Å². The predicted molar refractivity (Wildman–Crippen MR) is 136 cm³/mol. The molecule has 6 rings (SSSR count). The molecule has 11 nitrogen and oxygen atoms in total. The van der Waals surface area contributed by atoms with Crippen LogP contribution in [0, 0.1) is 0 Å². The molecule has 2 N–H and O–H groups in total. The number of ether oxygens (including phenoxy) is 2. The summed E-state index contributed by atoms with van der Waals surface area (Å²) in [4.78, 5) is 19.3. The van der Waals surface area contributed by atoms with Gasteiger partial charge in [-0.2, -0.15) is 0 Å². The molecule has 180 valence electrons. The minimum atomic E-state index is -0.370. The molecule has 0 radical (unpaired) electrons. The first-order valence-corrected chi connectivity index (χ1v) is 11.4. The first-order chi connectivity index (χ1) is 17.4. The summed E-state index contributed by atoms with van der Waals surface area (Å²) < 4.78 is 13.6.